The van der Waals surface area contributed by atoms with Crippen molar-refractivity contribution in [1.82, 2.24) is 10.2 Å². The van der Waals surface area contributed by atoms with E-state index in [0.717, 1.165) is 25.9 Å². The van der Waals surface area contributed by atoms with Gasteiger partial charge in [-0.1, -0.05) is 6.42 Å². The fourth-order valence-corrected chi connectivity index (χ4v) is 5.06. The van der Waals surface area contributed by atoms with E-state index in [0.29, 0.717) is 6.54 Å². The molecular formula is C11H19ClN2O3S. The Morgan fingerprint density at radius 1 is 1.22 bits per heavy atom. The molecule has 0 unspecified atom stereocenters. The highest BCUT2D eigenvalue weighted by Crippen LogP contribution is 2.18. The van der Waals surface area contributed by atoms with E-state index in [-0.39, 0.29) is 17.4 Å². The van der Waals surface area contributed by atoms with Crippen LogP contribution in [-0.2, 0) is 14.6 Å². The Morgan fingerprint density at radius 2 is 1.89 bits per heavy atom. The Bertz CT molecular complexity index is 407. The van der Waals surface area contributed by atoms with Gasteiger partial charge in [0.15, 0.2) is 9.84 Å². The maximum atomic E-state index is 11.8. The number of carbonyl (C=O) groups excluding carboxylic acids is 1. The maximum absolute atomic E-state index is 11.8. The summed E-state index contributed by atoms with van der Waals surface area (Å²) in [6.45, 7) is 2.24. The van der Waals surface area contributed by atoms with Crippen LogP contribution in [-0.4, -0.2) is 61.8 Å². The monoisotopic (exact) mass is 294 g/mol. The first-order chi connectivity index (χ1) is 8.46. The molecule has 5 nitrogen and oxygen atoms in total. The minimum absolute atomic E-state index is 0.0348. The van der Waals surface area contributed by atoms with Gasteiger partial charge in [0.25, 0.3) is 0 Å². The van der Waals surface area contributed by atoms with E-state index in [9.17, 15) is 13.2 Å². The van der Waals surface area contributed by atoms with E-state index in [2.05, 4.69) is 10.2 Å². The minimum Gasteiger partial charge on any atom is -0.350 e. The summed E-state index contributed by atoms with van der Waals surface area (Å²) in [6, 6.07) is -0.436. The third-order valence-electron chi connectivity index (χ3n) is 3.45. The lowest BCUT2D eigenvalue weighted by Gasteiger charge is -2.26. The van der Waals surface area contributed by atoms with Crippen LogP contribution in [0.1, 0.15) is 19.3 Å². The minimum atomic E-state index is -3.08. The second-order valence-electron chi connectivity index (χ2n) is 5.10. The molecule has 2 saturated heterocycles. The fourth-order valence-electron chi connectivity index (χ4n) is 2.51. The van der Waals surface area contributed by atoms with Crippen molar-refractivity contribution in [2.24, 2.45) is 0 Å². The largest absolute Gasteiger partial charge is 0.350 e. The number of halogens is 1. The average molecular weight is 295 g/mol. The van der Waals surface area contributed by atoms with Crippen LogP contribution in [0.3, 0.4) is 0 Å². The van der Waals surface area contributed by atoms with Gasteiger partial charge in [-0.05, 0) is 25.9 Å². The molecule has 0 aromatic carbocycles. The molecule has 104 valence electrons. The van der Waals surface area contributed by atoms with Crippen molar-refractivity contribution in [1.29, 1.82) is 0 Å². The van der Waals surface area contributed by atoms with Crippen molar-refractivity contribution in [2.75, 3.05) is 31.1 Å². The first-order valence-corrected chi connectivity index (χ1v) is 8.58. The molecule has 0 saturated carbocycles. The molecule has 2 rings (SSSR count). The number of sulfone groups is 1. The van der Waals surface area contributed by atoms with Crippen LogP contribution < -0.4 is 5.32 Å². The quantitative estimate of drug-likeness (QED) is 0.744. The number of alkyl halides is 1. The number of piperidine rings is 1. The van der Waals surface area contributed by atoms with E-state index in [1.54, 1.807) is 0 Å². The van der Waals surface area contributed by atoms with Gasteiger partial charge in [-0.3, -0.25) is 9.69 Å². The summed E-state index contributed by atoms with van der Waals surface area (Å²) < 4.78 is 22.8. The van der Waals surface area contributed by atoms with E-state index in [1.165, 1.54) is 6.42 Å². The van der Waals surface area contributed by atoms with Crippen LogP contribution in [0.5, 0.6) is 0 Å². The standard InChI is InChI=1S/C11H19ClN2O3S/c12-9-7-18(16,17)8-10(9)13-11(15)6-14-4-2-1-3-5-14/h9-10H,1-8H2,(H,13,15)/t9-,10-/m0/s1. The van der Waals surface area contributed by atoms with Gasteiger partial charge in [0, 0.05) is 0 Å². The Balaban J connectivity index is 1.80. The van der Waals surface area contributed by atoms with Gasteiger partial charge in [0.1, 0.15) is 0 Å². The first kappa shape index (κ1) is 14.1. The summed E-state index contributed by atoms with van der Waals surface area (Å²) in [7, 11) is -3.08. The van der Waals surface area contributed by atoms with Gasteiger partial charge in [0.2, 0.25) is 5.91 Å². The van der Waals surface area contributed by atoms with Crippen molar-refractivity contribution in [3.63, 3.8) is 0 Å². The highest BCUT2D eigenvalue weighted by Gasteiger charge is 2.37. The highest BCUT2D eigenvalue weighted by atomic mass is 35.5. The van der Waals surface area contributed by atoms with Gasteiger partial charge in [-0.15, -0.1) is 11.6 Å². The van der Waals surface area contributed by atoms with Crippen LogP contribution in [0.15, 0.2) is 0 Å². The van der Waals surface area contributed by atoms with Gasteiger partial charge >= 0.3 is 0 Å². The molecule has 0 radical (unpaired) electrons. The number of rotatable bonds is 3. The molecule has 1 amide bonds. The summed E-state index contributed by atoms with van der Waals surface area (Å²) in [5.74, 6) is -0.194. The van der Waals surface area contributed by atoms with E-state index >= 15 is 0 Å². The first-order valence-electron chi connectivity index (χ1n) is 6.32. The number of nitrogens with one attached hydrogen (secondary N) is 1. The predicted octanol–water partition coefficient (Wildman–Crippen LogP) is -0.00710. The second-order valence-corrected chi connectivity index (χ2v) is 7.82. The fraction of sp³-hybridized carbons (Fsp3) is 0.909. The molecule has 2 aliphatic rings. The van der Waals surface area contributed by atoms with Gasteiger partial charge in [0.05, 0.1) is 29.5 Å². The number of hydrogen-bond acceptors (Lipinski definition) is 4. The third-order valence-corrected chi connectivity index (χ3v) is 5.82. The molecule has 1 N–H and O–H groups in total. The lowest BCUT2D eigenvalue weighted by molar-refractivity contribution is -0.123. The maximum Gasteiger partial charge on any atom is 0.234 e. The Labute approximate surface area is 113 Å². The molecule has 2 fully saturated rings. The Morgan fingerprint density at radius 3 is 2.44 bits per heavy atom. The number of carbonyl (C=O) groups is 1. The molecule has 0 aromatic rings. The van der Waals surface area contributed by atoms with Crippen LogP contribution in [0.25, 0.3) is 0 Å². The van der Waals surface area contributed by atoms with Gasteiger partial charge in [-0.25, -0.2) is 8.42 Å². The molecule has 18 heavy (non-hydrogen) atoms. The lowest BCUT2D eigenvalue weighted by Crippen LogP contribution is -2.46. The lowest BCUT2D eigenvalue weighted by atomic mass is 10.1. The zero-order valence-electron chi connectivity index (χ0n) is 10.3. The summed E-state index contributed by atoms with van der Waals surface area (Å²) in [4.78, 5) is 13.9. The summed E-state index contributed by atoms with van der Waals surface area (Å²) in [5.41, 5.74) is 0. The molecule has 2 aliphatic heterocycles. The Kier molecular flexibility index (Phi) is 4.50. The molecule has 0 aliphatic carbocycles. The topological polar surface area (TPSA) is 66.5 Å². The van der Waals surface area contributed by atoms with E-state index in [4.69, 9.17) is 11.6 Å². The smallest absolute Gasteiger partial charge is 0.234 e. The van der Waals surface area contributed by atoms with Crippen LogP contribution >= 0.6 is 11.6 Å². The molecule has 0 spiro atoms. The molecule has 7 heteroatoms. The van der Waals surface area contributed by atoms with Crippen molar-refractivity contribution < 1.29 is 13.2 Å². The number of amides is 1. The number of hydrogen-bond donors (Lipinski definition) is 1. The third kappa shape index (κ3) is 3.83. The van der Waals surface area contributed by atoms with Gasteiger partial charge in [-0.2, -0.15) is 0 Å². The summed E-state index contributed by atoms with van der Waals surface area (Å²) >= 11 is 5.94. The molecule has 0 bridgehead atoms. The SMILES string of the molecule is O=C(CN1CCCCC1)N[C@H]1CS(=O)(=O)C[C@@H]1Cl. The Hall–Kier alpha value is -0.330. The average Bonchev–Trinajstić information content (AvgIpc) is 2.53. The van der Waals surface area contributed by atoms with Crippen LogP contribution in [0, 0.1) is 0 Å². The zero-order chi connectivity index (χ0) is 13.2. The summed E-state index contributed by atoms with van der Waals surface area (Å²) in [6.07, 6.45) is 3.48. The summed E-state index contributed by atoms with van der Waals surface area (Å²) in [5, 5.41) is 2.24. The van der Waals surface area contributed by atoms with Gasteiger partial charge < -0.3 is 5.32 Å². The number of likely N-dealkylation sites (tertiary alicyclic amines) is 1. The molecule has 2 heterocycles. The highest BCUT2D eigenvalue weighted by molar-refractivity contribution is 7.91. The van der Waals surface area contributed by atoms with E-state index in [1.807, 2.05) is 0 Å². The van der Waals surface area contributed by atoms with Crippen LogP contribution in [0.2, 0.25) is 0 Å². The van der Waals surface area contributed by atoms with Crippen molar-refractivity contribution in [2.45, 2.75) is 30.7 Å². The molecule has 0 aromatic heterocycles. The second kappa shape index (κ2) is 5.75. The van der Waals surface area contributed by atoms with Crippen molar-refractivity contribution >= 4 is 27.3 Å². The molecule has 2 atom stereocenters. The zero-order valence-corrected chi connectivity index (χ0v) is 11.8. The molecular weight excluding hydrogens is 276 g/mol. The normalized spacial score (nSPS) is 32.3. The van der Waals surface area contributed by atoms with E-state index < -0.39 is 21.3 Å². The van der Waals surface area contributed by atoms with Crippen molar-refractivity contribution in [3.8, 4) is 0 Å². The predicted molar refractivity (Wildman–Crippen MR) is 70.5 cm³/mol. The van der Waals surface area contributed by atoms with Crippen LogP contribution in [0.4, 0.5) is 0 Å². The number of nitrogens with zero attached hydrogens (tertiary/aromatic N) is 1. The van der Waals surface area contributed by atoms with Crippen molar-refractivity contribution in [3.05, 3.63) is 0 Å².